The molecule has 1 aromatic carbocycles. The number of nitrogens with zero attached hydrogens (tertiary/aromatic N) is 3. The summed E-state index contributed by atoms with van der Waals surface area (Å²) in [5.41, 5.74) is 0.800. The molecule has 0 amide bonds. The minimum absolute atomic E-state index is 0.0956. The van der Waals surface area contributed by atoms with E-state index in [2.05, 4.69) is 22.2 Å². The van der Waals surface area contributed by atoms with Crippen molar-refractivity contribution in [3.05, 3.63) is 34.4 Å². The topological polar surface area (TPSA) is 75.4 Å². The third-order valence-electron chi connectivity index (χ3n) is 3.00. The number of phenols is 1. The number of aromatic nitrogens is 3. The zero-order valence-corrected chi connectivity index (χ0v) is 12.9. The minimum atomic E-state index is 0.0956. The van der Waals surface area contributed by atoms with Crippen LogP contribution in [-0.2, 0) is 6.42 Å². The normalized spacial score (nSPS) is 11.1. The average Bonchev–Trinajstić information content (AvgIpc) is 2.84. The highest BCUT2D eigenvalue weighted by molar-refractivity contribution is 7.71. The monoisotopic (exact) mass is 306 g/mol. The van der Waals surface area contributed by atoms with Crippen molar-refractivity contribution in [2.75, 3.05) is 7.11 Å². The molecule has 0 fully saturated rings. The summed E-state index contributed by atoms with van der Waals surface area (Å²) in [6.45, 7) is 2.12. The number of hydrogen-bond acceptors (Lipinski definition) is 5. The van der Waals surface area contributed by atoms with Gasteiger partial charge in [0.2, 0.25) is 4.77 Å². The molecule has 2 N–H and O–H groups in total. The fraction of sp³-hybridized carbons (Fsp3) is 0.357. The van der Waals surface area contributed by atoms with Gasteiger partial charge in [0.15, 0.2) is 17.3 Å². The highest BCUT2D eigenvalue weighted by Gasteiger charge is 2.05. The lowest BCUT2D eigenvalue weighted by Crippen LogP contribution is -1.99. The molecular formula is C14H18N4O2S. The molecule has 6 nitrogen and oxygen atoms in total. The van der Waals surface area contributed by atoms with Crippen molar-refractivity contribution in [1.29, 1.82) is 0 Å². The van der Waals surface area contributed by atoms with E-state index in [1.807, 2.05) is 0 Å². The van der Waals surface area contributed by atoms with Crippen LogP contribution in [0.1, 0.15) is 31.2 Å². The fourth-order valence-corrected chi connectivity index (χ4v) is 2.04. The molecule has 0 bridgehead atoms. The first-order valence-electron chi connectivity index (χ1n) is 6.73. The Morgan fingerprint density at radius 1 is 1.52 bits per heavy atom. The lowest BCUT2D eigenvalue weighted by Gasteiger charge is -2.03. The highest BCUT2D eigenvalue weighted by atomic mass is 32.1. The molecule has 0 aliphatic carbocycles. The van der Waals surface area contributed by atoms with Gasteiger partial charge in [-0.2, -0.15) is 14.9 Å². The second kappa shape index (κ2) is 7.03. The van der Waals surface area contributed by atoms with Crippen LogP contribution in [-0.4, -0.2) is 33.3 Å². The molecule has 0 saturated heterocycles. The molecule has 2 rings (SSSR count). The molecule has 0 aliphatic heterocycles. The molecule has 0 atom stereocenters. The molecule has 0 saturated carbocycles. The minimum Gasteiger partial charge on any atom is -0.504 e. The average molecular weight is 306 g/mol. The van der Waals surface area contributed by atoms with Crippen molar-refractivity contribution in [3.63, 3.8) is 0 Å². The van der Waals surface area contributed by atoms with Crippen molar-refractivity contribution in [2.45, 2.75) is 26.2 Å². The fourth-order valence-electron chi connectivity index (χ4n) is 1.84. The first-order valence-corrected chi connectivity index (χ1v) is 7.14. The van der Waals surface area contributed by atoms with E-state index < -0.39 is 0 Å². The van der Waals surface area contributed by atoms with Crippen LogP contribution in [0.2, 0.25) is 0 Å². The smallest absolute Gasteiger partial charge is 0.216 e. The molecule has 0 unspecified atom stereocenters. The standard InChI is InChI=1S/C14H18N4O2S/c1-3-4-5-13-16-17-14(21)18(13)15-9-10-6-7-11(19)12(8-10)20-2/h6-9,19H,3-5H2,1-2H3,(H,17,21)/b15-9-. The van der Waals surface area contributed by atoms with E-state index in [1.165, 1.54) is 7.11 Å². The highest BCUT2D eigenvalue weighted by Crippen LogP contribution is 2.25. The number of methoxy groups -OCH3 is 1. The second-order valence-corrected chi connectivity index (χ2v) is 4.92. The number of hydrogen-bond donors (Lipinski definition) is 2. The predicted octanol–water partition coefficient (Wildman–Crippen LogP) is 2.88. The number of ether oxygens (including phenoxy) is 1. The van der Waals surface area contributed by atoms with Crippen molar-refractivity contribution in [2.24, 2.45) is 5.10 Å². The Morgan fingerprint density at radius 2 is 2.33 bits per heavy atom. The Labute approximate surface area is 128 Å². The summed E-state index contributed by atoms with van der Waals surface area (Å²) in [5.74, 6) is 1.31. The Bertz CT molecular complexity index is 691. The number of unbranched alkanes of at least 4 members (excludes halogenated alkanes) is 1. The Hall–Kier alpha value is -2.15. The molecule has 21 heavy (non-hydrogen) atoms. The van der Waals surface area contributed by atoms with Gasteiger partial charge >= 0.3 is 0 Å². The van der Waals surface area contributed by atoms with Crippen LogP contribution in [0.3, 0.4) is 0 Å². The number of aryl methyl sites for hydroxylation is 1. The van der Waals surface area contributed by atoms with Gasteiger partial charge in [-0.1, -0.05) is 13.3 Å². The number of H-pyrrole nitrogens is 1. The van der Waals surface area contributed by atoms with Crippen LogP contribution in [0.15, 0.2) is 23.3 Å². The summed E-state index contributed by atoms with van der Waals surface area (Å²) in [6, 6.07) is 5.01. The Morgan fingerprint density at radius 3 is 3.05 bits per heavy atom. The first-order chi connectivity index (χ1) is 10.2. The van der Waals surface area contributed by atoms with Gasteiger partial charge in [-0.05, 0) is 42.4 Å². The summed E-state index contributed by atoms with van der Waals surface area (Å²) in [7, 11) is 1.50. The largest absolute Gasteiger partial charge is 0.504 e. The molecule has 1 heterocycles. The summed E-state index contributed by atoms with van der Waals surface area (Å²) in [6.07, 6.45) is 4.59. The van der Waals surface area contributed by atoms with Crippen LogP contribution >= 0.6 is 12.2 Å². The molecule has 0 spiro atoms. The summed E-state index contributed by atoms with van der Waals surface area (Å²) >= 11 is 5.17. The lowest BCUT2D eigenvalue weighted by atomic mass is 10.2. The van der Waals surface area contributed by atoms with E-state index in [4.69, 9.17) is 17.0 Å². The van der Waals surface area contributed by atoms with Crippen molar-refractivity contribution in [1.82, 2.24) is 14.9 Å². The van der Waals surface area contributed by atoms with Crippen LogP contribution in [0.4, 0.5) is 0 Å². The Balaban J connectivity index is 2.25. The Kier molecular flexibility index (Phi) is 5.10. The van der Waals surface area contributed by atoms with Crippen LogP contribution in [0, 0.1) is 4.77 Å². The van der Waals surface area contributed by atoms with Gasteiger partial charge in [0.25, 0.3) is 0 Å². The van der Waals surface area contributed by atoms with Gasteiger partial charge < -0.3 is 9.84 Å². The van der Waals surface area contributed by atoms with Gasteiger partial charge in [-0.3, -0.25) is 5.10 Å². The van der Waals surface area contributed by atoms with E-state index in [0.29, 0.717) is 10.5 Å². The third kappa shape index (κ3) is 3.69. The van der Waals surface area contributed by atoms with Crippen LogP contribution in [0.25, 0.3) is 0 Å². The van der Waals surface area contributed by atoms with E-state index >= 15 is 0 Å². The van der Waals surface area contributed by atoms with Gasteiger partial charge in [0.1, 0.15) is 0 Å². The van der Waals surface area contributed by atoms with Crippen molar-refractivity contribution < 1.29 is 9.84 Å². The van der Waals surface area contributed by atoms with Gasteiger partial charge in [0, 0.05) is 6.42 Å². The number of aromatic hydroxyl groups is 1. The maximum atomic E-state index is 9.57. The molecule has 2 aromatic rings. The van der Waals surface area contributed by atoms with E-state index in [0.717, 1.165) is 30.7 Å². The zero-order chi connectivity index (χ0) is 15.2. The number of nitrogens with one attached hydrogen (secondary N) is 1. The predicted molar refractivity (Wildman–Crippen MR) is 83.7 cm³/mol. The quantitative estimate of drug-likeness (QED) is 0.635. The van der Waals surface area contributed by atoms with Crippen LogP contribution < -0.4 is 4.74 Å². The van der Waals surface area contributed by atoms with Crippen molar-refractivity contribution >= 4 is 18.4 Å². The number of phenolic OH excluding ortho intramolecular Hbond substituents is 1. The lowest BCUT2D eigenvalue weighted by molar-refractivity contribution is 0.373. The first kappa shape index (κ1) is 15.2. The summed E-state index contributed by atoms with van der Waals surface area (Å²) < 4.78 is 7.14. The summed E-state index contributed by atoms with van der Waals surface area (Å²) in [5, 5.41) is 20.8. The van der Waals surface area contributed by atoms with Gasteiger partial charge in [-0.15, -0.1) is 0 Å². The molecule has 112 valence electrons. The summed E-state index contributed by atoms with van der Waals surface area (Å²) in [4.78, 5) is 0. The molecular weight excluding hydrogens is 288 g/mol. The number of aromatic amines is 1. The zero-order valence-electron chi connectivity index (χ0n) is 12.0. The molecule has 7 heteroatoms. The SMILES string of the molecule is CCCCc1n[nH]c(=S)n1/N=C\c1ccc(O)c(OC)c1. The third-order valence-corrected chi connectivity index (χ3v) is 3.26. The molecule has 0 radical (unpaired) electrons. The number of rotatable bonds is 6. The second-order valence-electron chi connectivity index (χ2n) is 4.54. The van der Waals surface area contributed by atoms with Crippen molar-refractivity contribution in [3.8, 4) is 11.5 Å². The van der Waals surface area contributed by atoms with Gasteiger partial charge in [-0.25, -0.2) is 0 Å². The molecule has 1 aromatic heterocycles. The number of benzene rings is 1. The molecule has 0 aliphatic rings. The van der Waals surface area contributed by atoms with E-state index in [-0.39, 0.29) is 5.75 Å². The van der Waals surface area contributed by atoms with E-state index in [1.54, 1.807) is 29.1 Å². The van der Waals surface area contributed by atoms with Crippen LogP contribution in [0.5, 0.6) is 11.5 Å². The van der Waals surface area contributed by atoms with E-state index in [9.17, 15) is 5.11 Å². The van der Waals surface area contributed by atoms with Gasteiger partial charge in [0.05, 0.1) is 13.3 Å². The maximum Gasteiger partial charge on any atom is 0.216 e. The maximum absolute atomic E-state index is 9.57.